The average molecular weight is 378 g/mol. The van der Waals surface area contributed by atoms with Crippen molar-refractivity contribution in [1.29, 1.82) is 0 Å². The summed E-state index contributed by atoms with van der Waals surface area (Å²) in [5, 5.41) is 3.92. The van der Waals surface area contributed by atoms with Crippen LogP contribution in [0.3, 0.4) is 0 Å². The van der Waals surface area contributed by atoms with Crippen LogP contribution in [0.4, 0.5) is 26.3 Å². The van der Waals surface area contributed by atoms with Gasteiger partial charge in [-0.25, -0.2) is 0 Å². The third-order valence-corrected chi connectivity index (χ3v) is 4.70. The molecule has 2 atom stereocenters. The Morgan fingerprint density at radius 2 is 1.58 bits per heavy atom. The lowest BCUT2D eigenvalue weighted by Gasteiger charge is -2.36. The van der Waals surface area contributed by atoms with Gasteiger partial charge in [-0.1, -0.05) is 13.8 Å². The van der Waals surface area contributed by atoms with E-state index in [1.165, 1.54) is 0 Å². The van der Waals surface area contributed by atoms with Crippen LogP contribution < -0.4 is 5.43 Å². The molecule has 0 aromatic heterocycles. The molecule has 0 radical (unpaired) electrons. The van der Waals surface area contributed by atoms with E-state index in [4.69, 9.17) is 0 Å². The number of fused-ring (bicyclic) bond motifs is 1. The summed E-state index contributed by atoms with van der Waals surface area (Å²) in [5.41, 5.74) is -0.825. The molecule has 1 aromatic carbocycles. The zero-order valence-electron chi connectivity index (χ0n) is 13.9. The van der Waals surface area contributed by atoms with Crippen LogP contribution in [0.1, 0.15) is 43.4 Å². The van der Waals surface area contributed by atoms with Crippen LogP contribution in [0.15, 0.2) is 23.3 Å². The number of Topliss-reactive ketones (excluding diaryl/α,β-unsaturated/α-hetero) is 1. The van der Waals surface area contributed by atoms with Gasteiger partial charge >= 0.3 is 12.4 Å². The number of benzene rings is 1. The summed E-state index contributed by atoms with van der Waals surface area (Å²) in [6.07, 6.45) is -9.15. The van der Waals surface area contributed by atoms with Crippen LogP contribution >= 0.6 is 0 Å². The Morgan fingerprint density at radius 3 is 2.08 bits per heavy atom. The van der Waals surface area contributed by atoms with Crippen LogP contribution in [0.25, 0.3) is 0 Å². The molecule has 26 heavy (non-hydrogen) atoms. The van der Waals surface area contributed by atoms with Gasteiger partial charge in [0, 0.05) is 6.42 Å². The van der Waals surface area contributed by atoms with Gasteiger partial charge < -0.3 is 5.43 Å². The highest BCUT2D eigenvalue weighted by Gasteiger charge is 2.47. The first-order valence-corrected chi connectivity index (χ1v) is 7.94. The molecule has 1 aliphatic heterocycles. The Kier molecular flexibility index (Phi) is 4.12. The van der Waals surface area contributed by atoms with E-state index in [9.17, 15) is 31.1 Å². The van der Waals surface area contributed by atoms with E-state index in [2.05, 4.69) is 10.5 Å². The van der Waals surface area contributed by atoms with Gasteiger partial charge in [-0.05, 0) is 35.6 Å². The number of carbonyl (C=O) groups is 1. The van der Waals surface area contributed by atoms with Gasteiger partial charge in [0.1, 0.15) is 5.78 Å². The third kappa shape index (κ3) is 3.43. The Bertz CT molecular complexity index is 746. The molecule has 0 spiro atoms. The number of hydrazone groups is 1. The zero-order valence-corrected chi connectivity index (χ0v) is 13.9. The second-order valence-electron chi connectivity index (χ2n) is 7.52. The molecule has 0 amide bonds. The Morgan fingerprint density at radius 1 is 1.04 bits per heavy atom. The van der Waals surface area contributed by atoms with Crippen molar-refractivity contribution in [3.05, 3.63) is 34.9 Å². The van der Waals surface area contributed by atoms with Crippen molar-refractivity contribution < 1.29 is 31.1 Å². The first-order chi connectivity index (χ1) is 11.8. The molecule has 1 fully saturated rings. The molecule has 0 bridgehead atoms. The van der Waals surface area contributed by atoms with E-state index in [-0.39, 0.29) is 35.0 Å². The lowest BCUT2D eigenvalue weighted by Crippen LogP contribution is -2.45. The molecular weight excluding hydrogens is 362 g/mol. The molecule has 3 rings (SSSR count). The predicted octanol–water partition coefficient (Wildman–Crippen LogP) is 4.41. The Labute approximate surface area is 145 Å². The molecule has 9 heteroatoms. The summed E-state index contributed by atoms with van der Waals surface area (Å²) in [5.74, 6) is -1.08. The van der Waals surface area contributed by atoms with Gasteiger partial charge in [0.05, 0.1) is 28.8 Å². The fraction of sp³-hybridized carbons (Fsp3) is 0.529. The largest absolute Gasteiger partial charge is 0.416 e. The zero-order chi connectivity index (χ0) is 19.5. The van der Waals surface area contributed by atoms with Crippen molar-refractivity contribution in [3.63, 3.8) is 0 Å². The van der Waals surface area contributed by atoms with Crippen molar-refractivity contribution >= 4 is 11.5 Å². The quantitative estimate of drug-likeness (QED) is 0.736. The number of hydrogen-bond acceptors (Lipinski definition) is 3. The number of rotatable bonds is 1. The first kappa shape index (κ1) is 18.7. The molecule has 1 N–H and O–H groups in total. The Balaban J connectivity index is 2.06. The lowest BCUT2D eigenvalue weighted by atomic mass is 9.68. The molecule has 0 unspecified atom stereocenters. The molecular formula is C17H16F6N2O. The third-order valence-electron chi connectivity index (χ3n) is 4.70. The molecule has 1 aliphatic carbocycles. The summed E-state index contributed by atoms with van der Waals surface area (Å²) < 4.78 is 78.3. The minimum atomic E-state index is -4.94. The standard InChI is InChI=1S/C17H16F6N2O/c1-15(2)6-11-13(12(26)7-15)14(25-24-11)8-3-9(16(18,19)20)5-10(4-8)17(21,22)23/h3-5,11,13,24H,6-7H2,1-2H3/t11-,13-/m0/s1. The van der Waals surface area contributed by atoms with Crippen LogP contribution in [-0.4, -0.2) is 17.5 Å². The van der Waals surface area contributed by atoms with Gasteiger partial charge in [-0.2, -0.15) is 31.4 Å². The fourth-order valence-electron chi connectivity index (χ4n) is 3.62. The van der Waals surface area contributed by atoms with Gasteiger partial charge in [0.25, 0.3) is 0 Å². The van der Waals surface area contributed by atoms with Crippen molar-refractivity contribution in [2.75, 3.05) is 0 Å². The van der Waals surface area contributed by atoms with Crippen molar-refractivity contribution in [3.8, 4) is 0 Å². The van der Waals surface area contributed by atoms with Gasteiger partial charge in [0.15, 0.2) is 0 Å². The summed E-state index contributed by atoms with van der Waals surface area (Å²) in [6, 6.07) is 0.872. The molecule has 1 heterocycles. The monoisotopic (exact) mass is 378 g/mol. The molecule has 142 valence electrons. The van der Waals surface area contributed by atoms with E-state index in [0.717, 1.165) is 0 Å². The van der Waals surface area contributed by atoms with E-state index < -0.39 is 35.4 Å². The van der Waals surface area contributed by atoms with Gasteiger partial charge in [0.2, 0.25) is 0 Å². The smallest absolute Gasteiger partial charge is 0.306 e. The maximum atomic E-state index is 13.0. The molecule has 1 aromatic rings. The summed E-state index contributed by atoms with van der Waals surface area (Å²) in [4.78, 5) is 12.5. The minimum Gasteiger partial charge on any atom is -0.306 e. The predicted molar refractivity (Wildman–Crippen MR) is 81.4 cm³/mol. The number of alkyl halides is 6. The highest BCUT2D eigenvalue weighted by molar-refractivity contribution is 6.15. The van der Waals surface area contributed by atoms with Crippen LogP contribution in [0.2, 0.25) is 0 Å². The Hall–Kier alpha value is -2.06. The molecule has 3 nitrogen and oxygen atoms in total. The van der Waals surface area contributed by atoms with E-state index in [1.54, 1.807) is 0 Å². The van der Waals surface area contributed by atoms with Gasteiger partial charge in [-0.15, -0.1) is 0 Å². The van der Waals surface area contributed by atoms with Gasteiger partial charge in [-0.3, -0.25) is 4.79 Å². The summed E-state index contributed by atoms with van der Waals surface area (Å²) in [7, 11) is 0. The lowest BCUT2D eigenvalue weighted by molar-refractivity contribution is -0.143. The highest BCUT2D eigenvalue weighted by Crippen LogP contribution is 2.41. The van der Waals surface area contributed by atoms with Crippen molar-refractivity contribution in [2.24, 2.45) is 16.4 Å². The number of ketones is 1. The fourth-order valence-corrected chi connectivity index (χ4v) is 3.62. The summed E-state index contributed by atoms with van der Waals surface area (Å²) in [6.45, 7) is 3.76. The first-order valence-electron chi connectivity index (χ1n) is 7.94. The van der Waals surface area contributed by atoms with E-state index in [1.807, 2.05) is 13.8 Å². The average Bonchev–Trinajstić information content (AvgIpc) is 2.87. The number of nitrogens with one attached hydrogen (secondary N) is 1. The van der Waals surface area contributed by atoms with E-state index in [0.29, 0.717) is 18.6 Å². The van der Waals surface area contributed by atoms with Crippen molar-refractivity contribution in [1.82, 2.24) is 5.43 Å². The van der Waals surface area contributed by atoms with Crippen LogP contribution in [0, 0.1) is 11.3 Å². The normalized spacial score (nSPS) is 25.5. The number of carbonyl (C=O) groups excluding carboxylic acids is 1. The molecule has 2 aliphatic rings. The highest BCUT2D eigenvalue weighted by atomic mass is 19.4. The summed E-state index contributed by atoms with van der Waals surface area (Å²) >= 11 is 0. The maximum absolute atomic E-state index is 13.0. The SMILES string of the molecule is CC1(C)CC(=O)[C@H]2C(c3cc(C(F)(F)F)cc(C(F)(F)F)c3)=NN[C@H]2C1. The number of nitrogens with zero attached hydrogens (tertiary/aromatic N) is 1. The second kappa shape index (κ2) is 5.72. The topological polar surface area (TPSA) is 41.5 Å². The number of hydrogen-bond donors (Lipinski definition) is 1. The second-order valence-corrected chi connectivity index (χ2v) is 7.52. The minimum absolute atomic E-state index is 0.0629. The van der Waals surface area contributed by atoms with Crippen molar-refractivity contribution in [2.45, 2.75) is 45.1 Å². The van der Waals surface area contributed by atoms with E-state index >= 15 is 0 Å². The molecule has 0 saturated heterocycles. The van der Waals surface area contributed by atoms with Crippen LogP contribution in [0.5, 0.6) is 0 Å². The van der Waals surface area contributed by atoms with Crippen LogP contribution in [-0.2, 0) is 17.1 Å². The number of halogens is 6. The maximum Gasteiger partial charge on any atom is 0.416 e. The molecule has 1 saturated carbocycles.